The molecule has 0 aliphatic heterocycles. The lowest BCUT2D eigenvalue weighted by Gasteiger charge is -2.24. The highest BCUT2D eigenvalue weighted by molar-refractivity contribution is 5.65. The van der Waals surface area contributed by atoms with Gasteiger partial charge in [0.15, 0.2) is 0 Å². The summed E-state index contributed by atoms with van der Waals surface area (Å²) in [5.74, 6) is -0.122. The summed E-state index contributed by atoms with van der Waals surface area (Å²) in [6, 6.07) is 11.6. The molecule has 100 valence electrons. The third-order valence-corrected chi connectivity index (χ3v) is 2.95. The molecule has 2 aromatic carbocycles. The van der Waals surface area contributed by atoms with Gasteiger partial charge < -0.3 is 15.7 Å². The zero-order valence-corrected chi connectivity index (χ0v) is 10.8. The number of anilines is 2. The first-order chi connectivity index (χ1) is 9.13. The van der Waals surface area contributed by atoms with Crippen LogP contribution in [0.3, 0.4) is 0 Å². The predicted molar refractivity (Wildman–Crippen MR) is 75.1 cm³/mol. The van der Waals surface area contributed by atoms with Crippen LogP contribution in [0.2, 0.25) is 0 Å². The standard InChI is InChI=1S/C15H17FN2O/c1-2-18(13-4-3-5-15(19)9-13)14-7-11(10-17)6-12(16)8-14/h3-9,19H,2,10,17H2,1H3. The minimum Gasteiger partial charge on any atom is -0.508 e. The lowest BCUT2D eigenvalue weighted by Crippen LogP contribution is -2.16. The van der Waals surface area contributed by atoms with Gasteiger partial charge in [-0.3, -0.25) is 0 Å². The first-order valence-corrected chi connectivity index (χ1v) is 6.20. The van der Waals surface area contributed by atoms with E-state index in [1.807, 2.05) is 24.0 Å². The van der Waals surface area contributed by atoms with Crippen molar-refractivity contribution in [1.29, 1.82) is 0 Å². The highest BCUT2D eigenvalue weighted by Crippen LogP contribution is 2.28. The monoisotopic (exact) mass is 260 g/mol. The first-order valence-electron chi connectivity index (χ1n) is 6.20. The van der Waals surface area contributed by atoms with E-state index in [0.717, 1.165) is 16.9 Å². The van der Waals surface area contributed by atoms with Gasteiger partial charge >= 0.3 is 0 Å². The summed E-state index contributed by atoms with van der Waals surface area (Å²) in [5.41, 5.74) is 7.86. The summed E-state index contributed by atoms with van der Waals surface area (Å²) in [5, 5.41) is 9.54. The molecule has 0 aromatic heterocycles. The molecule has 0 spiro atoms. The molecule has 0 saturated carbocycles. The summed E-state index contributed by atoms with van der Waals surface area (Å²) < 4.78 is 13.6. The molecule has 0 atom stereocenters. The molecule has 0 radical (unpaired) electrons. The highest BCUT2D eigenvalue weighted by Gasteiger charge is 2.10. The summed E-state index contributed by atoms with van der Waals surface area (Å²) >= 11 is 0. The lowest BCUT2D eigenvalue weighted by atomic mass is 10.1. The second-order valence-electron chi connectivity index (χ2n) is 4.29. The number of hydrogen-bond acceptors (Lipinski definition) is 3. The van der Waals surface area contributed by atoms with Crippen molar-refractivity contribution in [3.8, 4) is 5.75 Å². The van der Waals surface area contributed by atoms with Crippen molar-refractivity contribution in [2.75, 3.05) is 11.4 Å². The molecule has 0 unspecified atom stereocenters. The Kier molecular flexibility index (Phi) is 4.02. The van der Waals surface area contributed by atoms with Crippen molar-refractivity contribution in [2.45, 2.75) is 13.5 Å². The van der Waals surface area contributed by atoms with E-state index < -0.39 is 0 Å². The number of rotatable bonds is 4. The van der Waals surface area contributed by atoms with Gasteiger partial charge in [-0.2, -0.15) is 0 Å². The van der Waals surface area contributed by atoms with Gasteiger partial charge in [0.25, 0.3) is 0 Å². The van der Waals surface area contributed by atoms with Crippen LogP contribution in [0, 0.1) is 5.82 Å². The fourth-order valence-corrected chi connectivity index (χ4v) is 2.08. The van der Waals surface area contributed by atoms with E-state index in [0.29, 0.717) is 13.1 Å². The molecule has 3 N–H and O–H groups in total. The third-order valence-electron chi connectivity index (χ3n) is 2.95. The largest absolute Gasteiger partial charge is 0.508 e. The molecule has 4 heteroatoms. The van der Waals surface area contributed by atoms with E-state index >= 15 is 0 Å². The Bertz CT molecular complexity index is 572. The zero-order valence-electron chi connectivity index (χ0n) is 10.8. The van der Waals surface area contributed by atoms with Gasteiger partial charge in [-0.25, -0.2) is 4.39 Å². The Morgan fingerprint density at radius 3 is 2.58 bits per heavy atom. The van der Waals surface area contributed by atoms with Gasteiger partial charge in [0.2, 0.25) is 0 Å². The Labute approximate surface area is 112 Å². The molecular formula is C15H17FN2O. The lowest BCUT2D eigenvalue weighted by molar-refractivity contribution is 0.475. The van der Waals surface area contributed by atoms with E-state index in [1.54, 1.807) is 18.2 Å². The molecule has 0 heterocycles. The van der Waals surface area contributed by atoms with Crippen LogP contribution in [0.25, 0.3) is 0 Å². The molecule has 2 aromatic rings. The van der Waals surface area contributed by atoms with Crippen molar-refractivity contribution in [2.24, 2.45) is 5.73 Å². The van der Waals surface area contributed by atoms with Gasteiger partial charge in [-0.05, 0) is 42.8 Å². The van der Waals surface area contributed by atoms with Crippen LogP contribution >= 0.6 is 0 Å². The number of phenols is 1. The summed E-state index contributed by atoms with van der Waals surface area (Å²) in [4.78, 5) is 1.92. The zero-order chi connectivity index (χ0) is 13.8. The van der Waals surface area contributed by atoms with E-state index in [9.17, 15) is 9.50 Å². The topological polar surface area (TPSA) is 49.5 Å². The predicted octanol–water partition coefficient (Wildman–Crippen LogP) is 3.15. The van der Waals surface area contributed by atoms with Crippen LogP contribution < -0.4 is 10.6 Å². The molecule has 0 fully saturated rings. The van der Waals surface area contributed by atoms with Crippen molar-refractivity contribution in [1.82, 2.24) is 0 Å². The Morgan fingerprint density at radius 2 is 1.95 bits per heavy atom. The SMILES string of the molecule is CCN(c1cccc(O)c1)c1cc(F)cc(CN)c1. The fourth-order valence-electron chi connectivity index (χ4n) is 2.08. The summed E-state index contributed by atoms with van der Waals surface area (Å²) in [6.45, 7) is 2.93. The maximum atomic E-state index is 13.6. The van der Waals surface area contributed by atoms with Crippen LogP contribution in [0.15, 0.2) is 42.5 Å². The number of nitrogens with zero attached hydrogens (tertiary/aromatic N) is 1. The van der Waals surface area contributed by atoms with Crippen LogP contribution in [0.5, 0.6) is 5.75 Å². The second-order valence-corrected chi connectivity index (χ2v) is 4.29. The maximum Gasteiger partial charge on any atom is 0.125 e. The number of benzene rings is 2. The van der Waals surface area contributed by atoms with Crippen LogP contribution in [0.1, 0.15) is 12.5 Å². The fraction of sp³-hybridized carbons (Fsp3) is 0.200. The Balaban J connectivity index is 2.44. The quantitative estimate of drug-likeness (QED) is 0.887. The van der Waals surface area contributed by atoms with Gasteiger partial charge in [0.1, 0.15) is 11.6 Å². The van der Waals surface area contributed by atoms with E-state index in [4.69, 9.17) is 5.73 Å². The van der Waals surface area contributed by atoms with E-state index in [2.05, 4.69) is 0 Å². The first kappa shape index (κ1) is 13.4. The van der Waals surface area contributed by atoms with Crippen LogP contribution in [-0.4, -0.2) is 11.7 Å². The number of aromatic hydroxyl groups is 1. The number of hydrogen-bond donors (Lipinski definition) is 2. The molecule has 2 rings (SSSR count). The molecule has 19 heavy (non-hydrogen) atoms. The Hall–Kier alpha value is -2.07. The minimum atomic E-state index is -0.309. The molecule has 0 bridgehead atoms. The minimum absolute atomic E-state index is 0.186. The molecule has 0 amide bonds. The number of nitrogens with two attached hydrogens (primary N) is 1. The van der Waals surface area contributed by atoms with E-state index in [-0.39, 0.29) is 11.6 Å². The highest BCUT2D eigenvalue weighted by atomic mass is 19.1. The number of halogens is 1. The van der Waals surface area contributed by atoms with Gasteiger partial charge in [-0.15, -0.1) is 0 Å². The molecule has 0 aliphatic rings. The summed E-state index contributed by atoms with van der Waals surface area (Å²) in [7, 11) is 0. The van der Waals surface area contributed by atoms with Crippen molar-refractivity contribution in [3.05, 3.63) is 53.8 Å². The molecule has 3 nitrogen and oxygen atoms in total. The van der Waals surface area contributed by atoms with Crippen LogP contribution in [-0.2, 0) is 6.54 Å². The summed E-state index contributed by atoms with van der Waals surface area (Å²) in [6.07, 6.45) is 0. The van der Waals surface area contributed by atoms with Gasteiger partial charge in [0.05, 0.1) is 0 Å². The van der Waals surface area contributed by atoms with Crippen LogP contribution in [0.4, 0.5) is 15.8 Å². The second kappa shape index (κ2) is 5.71. The van der Waals surface area contributed by atoms with Crippen molar-refractivity contribution in [3.63, 3.8) is 0 Å². The van der Waals surface area contributed by atoms with Gasteiger partial charge in [0, 0.05) is 30.5 Å². The average molecular weight is 260 g/mol. The third kappa shape index (κ3) is 3.03. The maximum absolute atomic E-state index is 13.6. The van der Waals surface area contributed by atoms with Crippen molar-refractivity contribution < 1.29 is 9.50 Å². The molecule has 0 aliphatic carbocycles. The van der Waals surface area contributed by atoms with Crippen molar-refractivity contribution >= 4 is 11.4 Å². The normalized spacial score (nSPS) is 10.5. The average Bonchev–Trinajstić information content (AvgIpc) is 2.39. The van der Waals surface area contributed by atoms with E-state index in [1.165, 1.54) is 12.1 Å². The molecule has 0 saturated heterocycles. The molecular weight excluding hydrogens is 243 g/mol. The number of phenolic OH excluding ortho intramolecular Hbond substituents is 1. The Morgan fingerprint density at radius 1 is 1.16 bits per heavy atom. The van der Waals surface area contributed by atoms with Gasteiger partial charge in [-0.1, -0.05) is 6.07 Å². The smallest absolute Gasteiger partial charge is 0.125 e.